The molecule has 1 saturated heterocycles. The lowest BCUT2D eigenvalue weighted by atomic mass is 9.87. The quantitative estimate of drug-likeness (QED) is 0.640. The Morgan fingerprint density at radius 1 is 0.967 bits per heavy atom. The van der Waals surface area contributed by atoms with E-state index in [2.05, 4.69) is 5.32 Å². The number of rotatable bonds is 6. The van der Waals surface area contributed by atoms with E-state index >= 15 is 0 Å². The van der Waals surface area contributed by atoms with Gasteiger partial charge in [-0.05, 0) is 42.3 Å². The second-order valence-electron chi connectivity index (χ2n) is 7.47. The first-order valence-corrected chi connectivity index (χ1v) is 9.94. The number of benzene rings is 3. The third-order valence-corrected chi connectivity index (χ3v) is 5.39. The lowest BCUT2D eigenvalue weighted by Crippen LogP contribution is -2.66. The van der Waals surface area contributed by atoms with Gasteiger partial charge in [0.15, 0.2) is 0 Å². The second kappa shape index (κ2) is 8.41. The molecule has 1 fully saturated rings. The number of nitrogens with one attached hydrogen (secondary N) is 1. The normalized spacial score (nSPS) is 17.9. The van der Waals surface area contributed by atoms with Crippen molar-refractivity contribution in [2.75, 3.05) is 12.0 Å². The maximum Gasteiger partial charge on any atom is 0.252 e. The number of anilines is 1. The maximum atomic E-state index is 13.0. The lowest BCUT2D eigenvalue weighted by molar-refractivity contribution is -0.132. The highest BCUT2D eigenvalue weighted by atomic mass is 16.5. The van der Waals surface area contributed by atoms with Crippen LogP contribution in [-0.2, 0) is 16.0 Å². The number of hydrogen-bond acceptors (Lipinski definition) is 3. The summed E-state index contributed by atoms with van der Waals surface area (Å²) in [5.41, 5.74) is 3.81. The average Bonchev–Trinajstić information content (AvgIpc) is 2.77. The lowest BCUT2D eigenvalue weighted by Gasteiger charge is -2.47. The molecule has 0 aliphatic carbocycles. The predicted molar refractivity (Wildman–Crippen MR) is 116 cm³/mol. The van der Waals surface area contributed by atoms with Gasteiger partial charge in [0.2, 0.25) is 5.91 Å². The van der Waals surface area contributed by atoms with E-state index < -0.39 is 6.04 Å². The van der Waals surface area contributed by atoms with Crippen molar-refractivity contribution in [2.45, 2.75) is 25.4 Å². The summed E-state index contributed by atoms with van der Waals surface area (Å²) >= 11 is 0. The Morgan fingerprint density at radius 3 is 2.27 bits per heavy atom. The van der Waals surface area contributed by atoms with Gasteiger partial charge >= 0.3 is 0 Å². The first-order valence-electron chi connectivity index (χ1n) is 9.94. The molecule has 30 heavy (non-hydrogen) atoms. The minimum absolute atomic E-state index is 0.110. The molecule has 1 N–H and O–H groups in total. The van der Waals surface area contributed by atoms with Gasteiger partial charge in [0.05, 0.1) is 19.6 Å². The highest BCUT2D eigenvalue weighted by Crippen LogP contribution is 2.39. The van der Waals surface area contributed by atoms with Crippen molar-refractivity contribution < 1.29 is 14.3 Å². The molecule has 0 radical (unpaired) electrons. The molecule has 0 aromatic heterocycles. The summed E-state index contributed by atoms with van der Waals surface area (Å²) in [6.07, 6.45) is 0.241. The molecular formula is C25H24N2O3. The zero-order valence-corrected chi connectivity index (χ0v) is 17.0. The van der Waals surface area contributed by atoms with E-state index in [0.29, 0.717) is 0 Å². The van der Waals surface area contributed by atoms with Crippen LogP contribution in [0.1, 0.15) is 22.7 Å². The number of carbonyl (C=O) groups is 2. The van der Waals surface area contributed by atoms with Crippen molar-refractivity contribution >= 4 is 17.5 Å². The standard InChI is InChI=1S/C25H24N2O3/c1-17-8-12-20(13-9-17)27-24(19-10-14-21(30-2)15-11-19)23(25(27)29)26-22(28)16-18-6-4-3-5-7-18/h3-15,23-24H,16H2,1-2H3,(H,26,28). The minimum atomic E-state index is -0.601. The molecule has 0 spiro atoms. The van der Waals surface area contributed by atoms with E-state index in [1.54, 1.807) is 12.0 Å². The van der Waals surface area contributed by atoms with Crippen LogP contribution >= 0.6 is 0 Å². The van der Waals surface area contributed by atoms with E-state index in [1.807, 2.05) is 85.8 Å². The van der Waals surface area contributed by atoms with Crippen LogP contribution < -0.4 is 15.0 Å². The highest BCUT2D eigenvalue weighted by Gasteiger charge is 2.49. The molecule has 1 aliphatic rings. The first kappa shape index (κ1) is 19.7. The van der Waals surface area contributed by atoms with Crippen LogP contribution in [0.2, 0.25) is 0 Å². The summed E-state index contributed by atoms with van der Waals surface area (Å²) in [6.45, 7) is 2.01. The number of β-lactam (4-membered cyclic amide) rings is 1. The van der Waals surface area contributed by atoms with Crippen LogP contribution in [0, 0.1) is 6.92 Å². The van der Waals surface area contributed by atoms with Gasteiger partial charge in [-0.2, -0.15) is 0 Å². The number of aryl methyl sites for hydroxylation is 1. The van der Waals surface area contributed by atoms with E-state index in [0.717, 1.165) is 28.1 Å². The van der Waals surface area contributed by atoms with Gasteiger partial charge in [-0.1, -0.05) is 60.2 Å². The molecule has 3 aromatic carbocycles. The van der Waals surface area contributed by atoms with Crippen LogP contribution in [-0.4, -0.2) is 25.0 Å². The summed E-state index contributed by atoms with van der Waals surface area (Å²) in [7, 11) is 1.62. The Labute approximate surface area is 176 Å². The average molecular weight is 400 g/mol. The third-order valence-electron chi connectivity index (χ3n) is 5.39. The summed E-state index contributed by atoms with van der Waals surface area (Å²) in [5.74, 6) is 0.471. The molecule has 1 heterocycles. The number of carbonyl (C=O) groups excluding carboxylic acids is 2. The SMILES string of the molecule is COc1ccc(C2C(NC(=O)Cc3ccccc3)C(=O)N2c2ccc(C)cc2)cc1. The highest BCUT2D eigenvalue weighted by molar-refractivity contribution is 6.07. The second-order valence-corrected chi connectivity index (χ2v) is 7.47. The van der Waals surface area contributed by atoms with Crippen molar-refractivity contribution in [1.29, 1.82) is 0 Å². The zero-order chi connectivity index (χ0) is 21.1. The van der Waals surface area contributed by atoms with Crippen molar-refractivity contribution in [3.05, 3.63) is 95.6 Å². The van der Waals surface area contributed by atoms with Crippen molar-refractivity contribution in [1.82, 2.24) is 5.32 Å². The fraction of sp³-hybridized carbons (Fsp3) is 0.200. The number of nitrogens with zero attached hydrogens (tertiary/aromatic N) is 1. The molecule has 2 amide bonds. The van der Waals surface area contributed by atoms with Gasteiger partial charge in [-0.3, -0.25) is 9.59 Å². The van der Waals surface area contributed by atoms with Gasteiger partial charge in [-0.25, -0.2) is 0 Å². The first-order chi connectivity index (χ1) is 14.6. The topological polar surface area (TPSA) is 58.6 Å². The van der Waals surface area contributed by atoms with Crippen LogP contribution in [0.25, 0.3) is 0 Å². The molecule has 0 bridgehead atoms. The van der Waals surface area contributed by atoms with E-state index in [-0.39, 0.29) is 24.3 Å². The molecule has 5 nitrogen and oxygen atoms in total. The van der Waals surface area contributed by atoms with Crippen molar-refractivity contribution in [2.24, 2.45) is 0 Å². The summed E-state index contributed by atoms with van der Waals surface area (Å²) < 4.78 is 5.25. The Morgan fingerprint density at radius 2 is 1.63 bits per heavy atom. The smallest absolute Gasteiger partial charge is 0.252 e. The number of amides is 2. The van der Waals surface area contributed by atoms with Gasteiger partial charge < -0.3 is 15.0 Å². The maximum absolute atomic E-state index is 13.0. The van der Waals surface area contributed by atoms with E-state index in [9.17, 15) is 9.59 Å². The molecule has 2 unspecified atom stereocenters. The monoisotopic (exact) mass is 400 g/mol. The van der Waals surface area contributed by atoms with Crippen LogP contribution in [0.5, 0.6) is 5.75 Å². The molecule has 3 aromatic rings. The summed E-state index contributed by atoms with van der Waals surface area (Å²) in [6, 6.07) is 24.1. The van der Waals surface area contributed by atoms with Crippen molar-refractivity contribution in [3.63, 3.8) is 0 Å². The Bertz CT molecular complexity index is 1030. The fourth-order valence-corrected chi connectivity index (χ4v) is 3.77. The van der Waals surface area contributed by atoms with E-state index in [4.69, 9.17) is 4.74 Å². The Balaban J connectivity index is 1.58. The fourth-order valence-electron chi connectivity index (χ4n) is 3.77. The van der Waals surface area contributed by atoms with Gasteiger partial charge in [0, 0.05) is 5.69 Å². The number of hydrogen-bond donors (Lipinski definition) is 1. The largest absolute Gasteiger partial charge is 0.497 e. The van der Waals surface area contributed by atoms with Crippen LogP contribution in [0.4, 0.5) is 5.69 Å². The molecule has 152 valence electrons. The molecular weight excluding hydrogens is 376 g/mol. The summed E-state index contributed by atoms with van der Waals surface area (Å²) in [4.78, 5) is 27.4. The van der Waals surface area contributed by atoms with Gasteiger partial charge in [-0.15, -0.1) is 0 Å². The summed E-state index contributed by atoms with van der Waals surface area (Å²) in [5, 5.41) is 2.94. The van der Waals surface area contributed by atoms with Crippen LogP contribution in [0.3, 0.4) is 0 Å². The minimum Gasteiger partial charge on any atom is -0.497 e. The molecule has 5 heteroatoms. The molecule has 4 rings (SSSR count). The van der Waals surface area contributed by atoms with E-state index in [1.165, 1.54) is 0 Å². The molecule has 1 aliphatic heterocycles. The number of methoxy groups -OCH3 is 1. The van der Waals surface area contributed by atoms with Gasteiger partial charge in [0.1, 0.15) is 11.8 Å². The molecule has 2 atom stereocenters. The molecule has 0 saturated carbocycles. The van der Waals surface area contributed by atoms with Crippen molar-refractivity contribution in [3.8, 4) is 5.75 Å². The van der Waals surface area contributed by atoms with Gasteiger partial charge in [0.25, 0.3) is 5.91 Å². The van der Waals surface area contributed by atoms with Crippen LogP contribution in [0.15, 0.2) is 78.9 Å². The third kappa shape index (κ3) is 3.92. The number of ether oxygens (including phenoxy) is 1. The zero-order valence-electron chi connectivity index (χ0n) is 17.0. The Hall–Kier alpha value is -3.60. The Kier molecular flexibility index (Phi) is 5.53. The predicted octanol–water partition coefficient (Wildman–Crippen LogP) is 3.82.